The molecular formula is C18H20O3. The lowest BCUT2D eigenvalue weighted by Crippen LogP contribution is -2.16. The Bertz CT molecular complexity index is 590. The van der Waals surface area contributed by atoms with Crippen LogP contribution in [0.1, 0.15) is 30.9 Å². The van der Waals surface area contributed by atoms with Crippen molar-refractivity contribution in [1.29, 1.82) is 0 Å². The summed E-state index contributed by atoms with van der Waals surface area (Å²) < 4.78 is 5.77. The van der Waals surface area contributed by atoms with Crippen LogP contribution in [-0.4, -0.2) is 17.2 Å². The molecule has 0 aliphatic rings. The topological polar surface area (TPSA) is 46.5 Å². The predicted molar refractivity (Wildman–Crippen MR) is 82.7 cm³/mol. The highest BCUT2D eigenvalue weighted by atomic mass is 16.5. The van der Waals surface area contributed by atoms with Crippen molar-refractivity contribution in [2.24, 2.45) is 0 Å². The monoisotopic (exact) mass is 284 g/mol. The highest BCUT2D eigenvalue weighted by Crippen LogP contribution is 2.27. The van der Waals surface area contributed by atoms with E-state index in [4.69, 9.17) is 4.74 Å². The van der Waals surface area contributed by atoms with Crippen molar-refractivity contribution < 1.29 is 14.6 Å². The van der Waals surface area contributed by atoms with Crippen LogP contribution in [0.3, 0.4) is 0 Å². The summed E-state index contributed by atoms with van der Waals surface area (Å²) in [6.07, 6.45) is 0.480. The van der Waals surface area contributed by atoms with Gasteiger partial charge in [-0.1, -0.05) is 48.5 Å². The van der Waals surface area contributed by atoms with Crippen molar-refractivity contribution in [3.63, 3.8) is 0 Å². The average Bonchev–Trinajstić information content (AvgIpc) is 2.46. The molecule has 0 saturated heterocycles. The van der Waals surface area contributed by atoms with E-state index in [2.05, 4.69) is 0 Å². The van der Waals surface area contributed by atoms with Crippen molar-refractivity contribution in [2.75, 3.05) is 0 Å². The van der Waals surface area contributed by atoms with Gasteiger partial charge in [0.1, 0.15) is 5.75 Å². The van der Waals surface area contributed by atoms with Gasteiger partial charge in [0.05, 0.1) is 12.0 Å². The standard InChI is InChI=1S/C18H20O3/c1-13(2)21-17-11-7-6-10-15(17)12-16(18(19)20)14-8-4-3-5-9-14/h3-11,13,16H,12H2,1-2H3,(H,19,20). The van der Waals surface area contributed by atoms with Crippen LogP contribution in [0.5, 0.6) is 5.75 Å². The van der Waals surface area contributed by atoms with Gasteiger partial charge >= 0.3 is 5.97 Å². The molecule has 0 heterocycles. The first-order chi connectivity index (χ1) is 10.1. The zero-order valence-corrected chi connectivity index (χ0v) is 12.3. The molecular weight excluding hydrogens is 264 g/mol. The summed E-state index contributed by atoms with van der Waals surface area (Å²) in [5.74, 6) is -0.627. The normalized spacial score (nSPS) is 12.1. The molecule has 1 atom stereocenters. The molecule has 0 saturated carbocycles. The van der Waals surface area contributed by atoms with Gasteiger partial charge in [0.2, 0.25) is 0 Å². The molecule has 2 aromatic rings. The zero-order valence-electron chi connectivity index (χ0n) is 12.3. The van der Waals surface area contributed by atoms with Gasteiger partial charge in [0.25, 0.3) is 0 Å². The first kappa shape index (κ1) is 15.1. The van der Waals surface area contributed by atoms with Gasteiger partial charge in [-0.25, -0.2) is 0 Å². The molecule has 1 N–H and O–H groups in total. The second-order valence-electron chi connectivity index (χ2n) is 5.28. The maximum atomic E-state index is 11.6. The molecule has 0 aliphatic carbocycles. The quantitative estimate of drug-likeness (QED) is 0.875. The number of rotatable bonds is 6. The molecule has 3 heteroatoms. The molecule has 0 spiro atoms. The van der Waals surface area contributed by atoms with Gasteiger partial charge in [-0.15, -0.1) is 0 Å². The number of para-hydroxylation sites is 1. The van der Waals surface area contributed by atoms with E-state index in [1.807, 2.05) is 68.4 Å². The summed E-state index contributed by atoms with van der Waals surface area (Å²) in [5.41, 5.74) is 1.73. The van der Waals surface area contributed by atoms with E-state index in [0.29, 0.717) is 6.42 Å². The lowest BCUT2D eigenvalue weighted by atomic mass is 9.92. The molecule has 2 aromatic carbocycles. The summed E-state index contributed by atoms with van der Waals surface area (Å²) in [6.45, 7) is 3.92. The number of ether oxygens (including phenoxy) is 1. The summed E-state index contributed by atoms with van der Waals surface area (Å²) in [6, 6.07) is 16.9. The van der Waals surface area contributed by atoms with Crippen LogP contribution in [0.25, 0.3) is 0 Å². The number of carboxylic acids is 1. The van der Waals surface area contributed by atoms with E-state index >= 15 is 0 Å². The molecule has 0 aliphatic heterocycles. The first-order valence-corrected chi connectivity index (χ1v) is 7.10. The molecule has 0 fully saturated rings. The fraction of sp³-hybridized carbons (Fsp3) is 0.278. The maximum absolute atomic E-state index is 11.6. The third kappa shape index (κ3) is 4.09. The van der Waals surface area contributed by atoms with Gasteiger partial charge in [0, 0.05) is 0 Å². The molecule has 0 aromatic heterocycles. The summed E-state index contributed by atoms with van der Waals surface area (Å²) in [4.78, 5) is 11.6. The Labute approximate surface area is 125 Å². The smallest absolute Gasteiger partial charge is 0.311 e. The highest BCUT2D eigenvalue weighted by Gasteiger charge is 2.21. The number of hydrogen-bond donors (Lipinski definition) is 1. The van der Waals surface area contributed by atoms with Gasteiger partial charge in [-0.05, 0) is 37.5 Å². The van der Waals surface area contributed by atoms with E-state index in [1.165, 1.54) is 0 Å². The van der Waals surface area contributed by atoms with Crippen LogP contribution < -0.4 is 4.74 Å². The molecule has 1 unspecified atom stereocenters. The van der Waals surface area contributed by atoms with Crippen LogP contribution in [0.15, 0.2) is 54.6 Å². The fourth-order valence-corrected chi connectivity index (χ4v) is 2.29. The van der Waals surface area contributed by atoms with Gasteiger partial charge in [-0.3, -0.25) is 4.79 Å². The second kappa shape index (κ2) is 6.93. The summed E-state index contributed by atoms with van der Waals surface area (Å²) >= 11 is 0. The number of carboxylic acid groups (broad SMARTS) is 1. The van der Waals surface area contributed by atoms with E-state index in [0.717, 1.165) is 16.9 Å². The molecule has 3 nitrogen and oxygen atoms in total. The SMILES string of the molecule is CC(C)Oc1ccccc1CC(C(=O)O)c1ccccc1. The highest BCUT2D eigenvalue weighted by molar-refractivity contribution is 5.76. The lowest BCUT2D eigenvalue weighted by molar-refractivity contribution is -0.138. The Balaban J connectivity index is 2.28. The first-order valence-electron chi connectivity index (χ1n) is 7.10. The van der Waals surface area contributed by atoms with Crippen molar-refractivity contribution in [3.8, 4) is 5.75 Å². The van der Waals surface area contributed by atoms with E-state index in [-0.39, 0.29) is 6.10 Å². The second-order valence-corrected chi connectivity index (χ2v) is 5.28. The predicted octanol–water partition coefficient (Wildman–Crippen LogP) is 3.88. The Morgan fingerprint density at radius 3 is 2.29 bits per heavy atom. The minimum absolute atomic E-state index is 0.0613. The molecule has 0 bridgehead atoms. The van der Waals surface area contributed by atoms with E-state index < -0.39 is 11.9 Å². The van der Waals surface area contributed by atoms with Crippen LogP contribution >= 0.6 is 0 Å². The van der Waals surface area contributed by atoms with Crippen LogP contribution in [0.2, 0.25) is 0 Å². The van der Waals surface area contributed by atoms with Crippen molar-refractivity contribution >= 4 is 5.97 Å². The van der Waals surface area contributed by atoms with Gasteiger partial charge < -0.3 is 9.84 Å². The van der Waals surface area contributed by atoms with Crippen LogP contribution in [0, 0.1) is 0 Å². The molecule has 110 valence electrons. The molecule has 0 amide bonds. The zero-order chi connectivity index (χ0) is 15.2. The number of aliphatic carboxylic acids is 1. The van der Waals surface area contributed by atoms with Gasteiger partial charge in [-0.2, -0.15) is 0 Å². The number of carbonyl (C=O) groups is 1. The Morgan fingerprint density at radius 1 is 1.05 bits per heavy atom. The Kier molecular flexibility index (Phi) is 4.99. The van der Waals surface area contributed by atoms with Crippen LogP contribution in [-0.2, 0) is 11.2 Å². The number of benzene rings is 2. The largest absolute Gasteiger partial charge is 0.491 e. The van der Waals surface area contributed by atoms with Crippen molar-refractivity contribution in [2.45, 2.75) is 32.3 Å². The Hall–Kier alpha value is -2.29. The fourth-order valence-electron chi connectivity index (χ4n) is 2.29. The Morgan fingerprint density at radius 2 is 1.67 bits per heavy atom. The summed E-state index contributed by atoms with van der Waals surface area (Å²) in [5, 5.41) is 9.52. The molecule has 0 radical (unpaired) electrons. The minimum atomic E-state index is -0.819. The average molecular weight is 284 g/mol. The third-order valence-electron chi connectivity index (χ3n) is 3.26. The third-order valence-corrected chi connectivity index (χ3v) is 3.26. The van der Waals surface area contributed by atoms with Gasteiger partial charge in [0.15, 0.2) is 0 Å². The number of hydrogen-bond acceptors (Lipinski definition) is 2. The minimum Gasteiger partial charge on any atom is -0.491 e. The van der Waals surface area contributed by atoms with E-state index in [1.54, 1.807) is 0 Å². The summed E-state index contributed by atoms with van der Waals surface area (Å²) in [7, 11) is 0. The van der Waals surface area contributed by atoms with Crippen molar-refractivity contribution in [1.82, 2.24) is 0 Å². The van der Waals surface area contributed by atoms with E-state index in [9.17, 15) is 9.90 Å². The molecule has 2 rings (SSSR count). The molecule has 21 heavy (non-hydrogen) atoms. The lowest BCUT2D eigenvalue weighted by Gasteiger charge is -2.17. The maximum Gasteiger partial charge on any atom is 0.311 e. The van der Waals surface area contributed by atoms with Crippen LogP contribution in [0.4, 0.5) is 0 Å². The van der Waals surface area contributed by atoms with Crippen molar-refractivity contribution in [3.05, 3.63) is 65.7 Å².